The molecule has 6 rings (SSSR count). The lowest BCUT2D eigenvalue weighted by Crippen LogP contribution is -2.65. The van der Waals surface area contributed by atoms with Crippen molar-refractivity contribution >= 4 is 34.7 Å². The fourth-order valence-electron chi connectivity index (χ4n) is 10.2. The molecule has 16 nitrogen and oxygen atoms in total. The number of aryl methyl sites for hydroxylation is 1. The number of nitrogens with zero attached hydrogens (tertiary/aromatic N) is 5. The summed E-state index contributed by atoms with van der Waals surface area (Å²) in [6.07, 6.45) is -1.12. The van der Waals surface area contributed by atoms with E-state index in [-0.39, 0.29) is 42.6 Å². The third-order valence-corrected chi connectivity index (χ3v) is 13.7. The lowest BCUT2D eigenvalue weighted by molar-refractivity contribution is -0.295. The Morgan fingerprint density at radius 2 is 1.68 bits per heavy atom. The number of hydrogen-bond acceptors (Lipinski definition) is 15. The number of aromatic nitrogens is 2. The molecule has 4 saturated heterocycles. The summed E-state index contributed by atoms with van der Waals surface area (Å²) in [6, 6.07) is 0.392. The van der Waals surface area contributed by atoms with Gasteiger partial charge in [0, 0.05) is 62.3 Å². The first-order valence-electron chi connectivity index (χ1n) is 21.3. The predicted molar refractivity (Wildman–Crippen MR) is 220 cm³/mol. The van der Waals surface area contributed by atoms with Crippen LogP contribution in [-0.2, 0) is 44.6 Å². The molecule has 4 fully saturated rings. The van der Waals surface area contributed by atoms with Crippen LogP contribution in [0.25, 0.3) is 11.0 Å². The van der Waals surface area contributed by atoms with Crippen molar-refractivity contribution in [3.8, 4) is 5.75 Å². The number of Topliss-reactive ketones (excluding diaryl/α,β-unsaturated/α-hetero) is 2. The molecule has 0 aromatic carbocycles. The highest BCUT2D eigenvalue weighted by atomic mass is 16.7. The summed E-state index contributed by atoms with van der Waals surface area (Å²) in [6.45, 7) is 17.0. The van der Waals surface area contributed by atoms with Crippen molar-refractivity contribution in [2.24, 2.45) is 23.7 Å². The summed E-state index contributed by atoms with van der Waals surface area (Å²) < 4.78 is 31.4. The summed E-state index contributed by atoms with van der Waals surface area (Å²) in [5.74, 6) is -5.13. The fraction of sp³-hybridized carbons (Fsp3) is 0.727. The number of ether oxygens (including phenoxy) is 5. The number of rotatable bonds is 8. The maximum atomic E-state index is 14.9. The lowest BCUT2D eigenvalue weighted by Gasteiger charge is -2.48. The maximum absolute atomic E-state index is 14.9. The van der Waals surface area contributed by atoms with Gasteiger partial charge in [0.15, 0.2) is 17.7 Å². The van der Waals surface area contributed by atoms with Gasteiger partial charge in [-0.1, -0.05) is 27.7 Å². The van der Waals surface area contributed by atoms with E-state index >= 15 is 0 Å². The first-order chi connectivity index (χ1) is 28.1. The van der Waals surface area contributed by atoms with Crippen LogP contribution in [0.4, 0.5) is 4.79 Å². The zero-order valence-electron chi connectivity index (χ0n) is 37.2. The summed E-state index contributed by atoms with van der Waals surface area (Å²) in [7, 11) is 5.22. The first-order valence-corrected chi connectivity index (χ1v) is 21.3. The normalized spacial score (nSPS) is 37.8. The molecule has 1 unspecified atom stereocenters. The van der Waals surface area contributed by atoms with Crippen LogP contribution >= 0.6 is 0 Å². The van der Waals surface area contributed by atoms with Gasteiger partial charge in [-0.05, 0) is 79.6 Å². The Morgan fingerprint density at radius 3 is 2.32 bits per heavy atom. The molecule has 2 aromatic rings. The Labute approximate surface area is 353 Å². The van der Waals surface area contributed by atoms with Crippen LogP contribution in [0.1, 0.15) is 85.8 Å². The molecule has 13 atom stereocenters. The second-order valence-corrected chi connectivity index (χ2v) is 18.4. The highest BCUT2D eigenvalue weighted by Crippen LogP contribution is 2.45. The third-order valence-electron chi connectivity index (χ3n) is 13.7. The number of aromatic hydroxyl groups is 1. The van der Waals surface area contributed by atoms with Crippen LogP contribution in [-0.4, -0.2) is 153 Å². The number of likely N-dealkylation sites (N-methyl/N-ethyl adjacent to an activating group) is 1. The topological polar surface area (TPSA) is 190 Å². The minimum Gasteiger partial charge on any atom is -0.506 e. The monoisotopic (exact) mass is 839 g/mol. The van der Waals surface area contributed by atoms with E-state index in [0.29, 0.717) is 42.7 Å². The molecule has 60 heavy (non-hydrogen) atoms. The lowest BCUT2D eigenvalue weighted by atomic mass is 9.73. The Balaban J connectivity index is 1.32. The molecule has 16 heteroatoms. The molecule has 2 N–H and O–H groups in total. The first kappa shape index (κ1) is 45.7. The Kier molecular flexibility index (Phi) is 13.4. The number of fused-ring (bicyclic) bond motifs is 2. The number of amides is 1. The number of pyridine rings is 2. The number of esters is 1. The van der Waals surface area contributed by atoms with Gasteiger partial charge < -0.3 is 38.8 Å². The molecular weight excluding hydrogens is 775 g/mol. The number of methoxy groups -OCH3 is 1. The van der Waals surface area contributed by atoms with Crippen molar-refractivity contribution in [3.05, 3.63) is 29.6 Å². The Bertz CT molecular complexity index is 1940. The molecule has 0 spiro atoms. The number of hydrogen-bond donors (Lipinski definition) is 2. The largest absolute Gasteiger partial charge is 0.506 e. The number of aliphatic hydroxyl groups is 1. The van der Waals surface area contributed by atoms with Gasteiger partial charge in [-0.15, -0.1) is 0 Å². The molecule has 4 aliphatic rings. The van der Waals surface area contributed by atoms with E-state index in [0.717, 1.165) is 5.56 Å². The quantitative estimate of drug-likeness (QED) is 0.286. The van der Waals surface area contributed by atoms with Crippen molar-refractivity contribution in [3.63, 3.8) is 0 Å². The van der Waals surface area contributed by atoms with Crippen LogP contribution in [0, 0.1) is 30.6 Å². The van der Waals surface area contributed by atoms with Gasteiger partial charge in [0.2, 0.25) is 0 Å². The maximum Gasteiger partial charge on any atom is 0.411 e. The average molecular weight is 840 g/mol. The van der Waals surface area contributed by atoms with E-state index in [4.69, 9.17) is 23.7 Å². The van der Waals surface area contributed by atoms with Gasteiger partial charge in [-0.3, -0.25) is 34.2 Å². The van der Waals surface area contributed by atoms with E-state index in [1.807, 2.05) is 45.8 Å². The summed E-state index contributed by atoms with van der Waals surface area (Å²) in [5.41, 5.74) is 0.0779. The second-order valence-electron chi connectivity index (χ2n) is 18.4. The second kappa shape index (κ2) is 17.5. The number of likely N-dealkylation sites (tertiary alicyclic amines) is 1. The van der Waals surface area contributed by atoms with Crippen molar-refractivity contribution in [1.82, 2.24) is 24.7 Å². The number of aliphatic hydroxyl groups excluding tert-OH is 1. The molecule has 332 valence electrons. The molecule has 2 aromatic heterocycles. The standard InChI is InChI=1S/C44H65N5O11/c1-13-33-44(9)38(49(42(55)60-44)28-19-48(20-28)21-29-32(50)18-45-30-14-22(2)17-46-34(29)30)25(5)35(51)23(3)16-43(8,56-12)39(26(6)36(52)27(7)40(54)58-33)59-41-37(53)31(47(10)11)15-24(4)57-41/h14,17-18,23-28,31,33,37-39,41,50,53H,13,15-16,19-21H2,1-12H3/t23-,24-,25+,26+,27-,31+,33-,37-,38?,39-,41+,43-,44-/m1/s1. The van der Waals surface area contributed by atoms with Gasteiger partial charge in [0.1, 0.15) is 29.7 Å². The minimum absolute atomic E-state index is 0.0230. The molecule has 0 bridgehead atoms. The number of cyclic esters (lactones) is 1. The Morgan fingerprint density at radius 1 is 1.00 bits per heavy atom. The van der Waals surface area contributed by atoms with E-state index in [1.165, 1.54) is 20.2 Å². The minimum atomic E-state index is -1.46. The highest BCUT2D eigenvalue weighted by Gasteiger charge is 2.62. The van der Waals surface area contributed by atoms with Gasteiger partial charge in [0.25, 0.3) is 0 Å². The molecule has 6 heterocycles. The predicted octanol–water partition coefficient (Wildman–Crippen LogP) is 4.03. The van der Waals surface area contributed by atoms with E-state index < -0.39 is 83.4 Å². The molecule has 4 aliphatic heterocycles. The van der Waals surface area contributed by atoms with Gasteiger partial charge in [-0.25, -0.2) is 4.79 Å². The zero-order chi connectivity index (χ0) is 44.2. The van der Waals surface area contributed by atoms with Crippen LogP contribution in [0.3, 0.4) is 0 Å². The number of carbonyl (C=O) groups is 4. The van der Waals surface area contributed by atoms with Crippen molar-refractivity contribution in [1.29, 1.82) is 0 Å². The Hall–Kier alpha value is -3.80. The molecule has 0 radical (unpaired) electrons. The van der Waals surface area contributed by atoms with Crippen LogP contribution in [0.5, 0.6) is 5.75 Å². The molecule has 0 saturated carbocycles. The van der Waals surface area contributed by atoms with Gasteiger partial charge in [-0.2, -0.15) is 0 Å². The number of ketones is 2. The highest BCUT2D eigenvalue weighted by molar-refractivity contribution is 6.00. The van der Waals surface area contributed by atoms with E-state index in [9.17, 15) is 29.4 Å². The SMILES string of the molecule is CC[C@H]1OC(=O)[C@H](C)C(=O)[C@H](C)[C@@H](O[C@@H]2O[C@H](C)C[C@H](N(C)C)[C@H]2O)[C@](C)(OC)C[C@@H](C)C(=O)[C@H](C)C2N(C3CN(Cc4c(O)cnc5cc(C)cnc45)C3)C(=O)O[C@@]21C. The van der Waals surface area contributed by atoms with Crippen LogP contribution < -0.4 is 0 Å². The van der Waals surface area contributed by atoms with Gasteiger partial charge in [0.05, 0.1) is 47.1 Å². The summed E-state index contributed by atoms with van der Waals surface area (Å²) >= 11 is 0. The smallest absolute Gasteiger partial charge is 0.411 e. The van der Waals surface area contributed by atoms with Gasteiger partial charge >= 0.3 is 12.1 Å². The summed E-state index contributed by atoms with van der Waals surface area (Å²) in [4.78, 5) is 71.9. The summed E-state index contributed by atoms with van der Waals surface area (Å²) in [5, 5.41) is 22.3. The van der Waals surface area contributed by atoms with Crippen molar-refractivity contribution in [2.75, 3.05) is 34.3 Å². The van der Waals surface area contributed by atoms with E-state index in [1.54, 1.807) is 45.7 Å². The average Bonchev–Trinajstić information content (AvgIpc) is 3.45. The fourth-order valence-corrected chi connectivity index (χ4v) is 10.2. The van der Waals surface area contributed by atoms with Crippen LogP contribution in [0.15, 0.2) is 18.5 Å². The molecular formula is C44H65N5O11. The van der Waals surface area contributed by atoms with Crippen molar-refractivity contribution < 1.29 is 53.1 Å². The van der Waals surface area contributed by atoms with E-state index in [2.05, 4.69) is 14.9 Å². The molecule has 0 aliphatic carbocycles. The third kappa shape index (κ3) is 8.39. The zero-order valence-corrected chi connectivity index (χ0v) is 37.2. The number of carbonyl (C=O) groups excluding carboxylic acids is 4. The van der Waals surface area contributed by atoms with Crippen LogP contribution in [0.2, 0.25) is 0 Å². The molecule has 1 amide bonds. The van der Waals surface area contributed by atoms with Crippen molar-refractivity contribution in [2.45, 2.75) is 148 Å².